The molecule has 0 spiro atoms. The Morgan fingerprint density at radius 2 is 1.79 bits per heavy atom. The summed E-state index contributed by atoms with van der Waals surface area (Å²) in [5.74, 6) is -0.873. The minimum absolute atomic E-state index is 0.186. The Bertz CT molecular complexity index is 982. The molecule has 0 aliphatic rings. The molecule has 1 N–H and O–H groups in total. The standard InChI is InChI=1S/C21H19FN2O3S/c1-13-18(28-20(24-13)15-7-9-17(22)10-8-15)19(25)23-12-11-14-3-5-16(6-4-14)21(26)27-2/h3-10H,11-12H2,1-2H3,(H,23,25). The van der Waals surface area contributed by atoms with Crippen molar-refractivity contribution in [2.24, 2.45) is 0 Å². The summed E-state index contributed by atoms with van der Waals surface area (Å²) in [6, 6.07) is 13.1. The number of ether oxygens (including phenoxy) is 1. The summed E-state index contributed by atoms with van der Waals surface area (Å²) in [7, 11) is 1.34. The number of amides is 1. The van der Waals surface area contributed by atoms with Crippen LogP contribution >= 0.6 is 11.3 Å². The number of carbonyl (C=O) groups excluding carboxylic acids is 2. The van der Waals surface area contributed by atoms with Gasteiger partial charge in [-0.1, -0.05) is 12.1 Å². The van der Waals surface area contributed by atoms with Crippen LogP contribution in [-0.2, 0) is 11.2 Å². The van der Waals surface area contributed by atoms with Crippen LogP contribution in [0.25, 0.3) is 10.6 Å². The Balaban J connectivity index is 1.59. The summed E-state index contributed by atoms with van der Waals surface area (Å²) < 4.78 is 17.7. The zero-order valence-electron chi connectivity index (χ0n) is 15.5. The van der Waals surface area contributed by atoms with E-state index in [1.54, 1.807) is 31.2 Å². The van der Waals surface area contributed by atoms with Gasteiger partial charge >= 0.3 is 5.97 Å². The third kappa shape index (κ3) is 4.61. The van der Waals surface area contributed by atoms with Gasteiger partial charge in [-0.15, -0.1) is 11.3 Å². The van der Waals surface area contributed by atoms with E-state index in [-0.39, 0.29) is 17.7 Å². The van der Waals surface area contributed by atoms with Crippen LogP contribution in [0.5, 0.6) is 0 Å². The molecule has 0 saturated heterocycles. The van der Waals surface area contributed by atoms with Gasteiger partial charge in [0, 0.05) is 12.1 Å². The number of methoxy groups -OCH3 is 1. The molecule has 0 unspecified atom stereocenters. The van der Waals surface area contributed by atoms with Crippen molar-refractivity contribution < 1.29 is 18.7 Å². The highest BCUT2D eigenvalue weighted by molar-refractivity contribution is 7.17. The third-order valence-electron chi connectivity index (χ3n) is 4.17. The first-order valence-electron chi connectivity index (χ1n) is 8.66. The quantitative estimate of drug-likeness (QED) is 0.637. The highest BCUT2D eigenvalue weighted by atomic mass is 32.1. The Kier molecular flexibility index (Phi) is 6.16. The second kappa shape index (κ2) is 8.75. The van der Waals surface area contributed by atoms with Crippen molar-refractivity contribution >= 4 is 23.2 Å². The average molecular weight is 398 g/mol. The van der Waals surface area contributed by atoms with Gasteiger partial charge in [0.05, 0.1) is 18.4 Å². The lowest BCUT2D eigenvalue weighted by Crippen LogP contribution is -2.25. The smallest absolute Gasteiger partial charge is 0.337 e. The van der Waals surface area contributed by atoms with Crippen molar-refractivity contribution in [1.29, 1.82) is 0 Å². The lowest BCUT2D eigenvalue weighted by atomic mass is 10.1. The molecule has 28 heavy (non-hydrogen) atoms. The number of thiazole rings is 1. The number of benzene rings is 2. The molecule has 144 valence electrons. The molecule has 0 bridgehead atoms. The van der Waals surface area contributed by atoms with Gasteiger partial charge in [0.15, 0.2) is 0 Å². The summed E-state index contributed by atoms with van der Waals surface area (Å²) >= 11 is 1.28. The number of aryl methyl sites for hydroxylation is 1. The van der Waals surface area contributed by atoms with Crippen molar-refractivity contribution in [2.75, 3.05) is 13.7 Å². The van der Waals surface area contributed by atoms with Crippen LogP contribution in [-0.4, -0.2) is 30.5 Å². The van der Waals surface area contributed by atoms with Gasteiger partial charge in [-0.3, -0.25) is 4.79 Å². The van der Waals surface area contributed by atoms with Crippen LogP contribution in [0.15, 0.2) is 48.5 Å². The molecule has 0 saturated carbocycles. The van der Waals surface area contributed by atoms with E-state index in [9.17, 15) is 14.0 Å². The van der Waals surface area contributed by atoms with Gasteiger partial charge in [-0.05, 0) is 55.3 Å². The molecule has 0 radical (unpaired) electrons. The third-order valence-corrected chi connectivity index (χ3v) is 5.37. The van der Waals surface area contributed by atoms with Crippen molar-refractivity contribution in [3.05, 3.63) is 76.0 Å². The number of halogens is 1. The van der Waals surface area contributed by atoms with E-state index in [1.807, 2.05) is 12.1 Å². The predicted molar refractivity (Wildman–Crippen MR) is 106 cm³/mol. The number of rotatable bonds is 6. The summed E-state index contributed by atoms with van der Waals surface area (Å²) in [6.45, 7) is 2.24. The molecule has 1 aromatic heterocycles. The summed E-state index contributed by atoms with van der Waals surface area (Å²) in [5.41, 5.74) is 2.91. The van der Waals surface area contributed by atoms with E-state index in [4.69, 9.17) is 0 Å². The highest BCUT2D eigenvalue weighted by Gasteiger charge is 2.16. The van der Waals surface area contributed by atoms with E-state index >= 15 is 0 Å². The van der Waals surface area contributed by atoms with Gasteiger partial charge in [-0.25, -0.2) is 14.2 Å². The monoisotopic (exact) mass is 398 g/mol. The minimum Gasteiger partial charge on any atom is -0.465 e. The maximum atomic E-state index is 13.1. The van der Waals surface area contributed by atoms with Crippen LogP contribution < -0.4 is 5.32 Å². The number of carbonyl (C=O) groups is 2. The number of hydrogen-bond donors (Lipinski definition) is 1. The van der Waals surface area contributed by atoms with E-state index in [0.717, 1.165) is 11.1 Å². The second-order valence-electron chi connectivity index (χ2n) is 6.13. The molecule has 3 rings (SSSR count). The number of nitrogens with zero attached hydrogens (tertiary/aromatic N) is 1. The van der Waals surface area contributed by atoms with E-state index < -0.39 is 0 Å². The molecule has 2 aromatic carbocycles. The molecular weight excluding hydrogens is 379 g/mol. The van der Waals surface area contributed by atoms with Crippen molar-refractivity contribution in [3.63, 3.8) is 0 Å². The molecule has 0 fully saturated rings. The first kappa shape index (κ1) is 19.7. The molecule has 5 nitrogen and oxygen atoms in total. The normalized spacial score (nSPS) is 10.5. The molecule has 1 heterocycles. The SMILES string of the molecule is COC(=O)c1ccc(CCNC(=O)c2sc(-c3ccc(F)cc3)nc2C)cc1. The maximum Gasteiger partial charge on any atom is 0.337 e. The number of nitrogens with one attached hydrogen (secondary N) is 1. The topological polar surface area (TPSA) is 68.3 Å². The van der Waals surface area contributed by atoms with Crippen LogP contribution in [0, 0.1) is 12.7 Å². The summed E-state index contributed by atoms with van der Waals surface area (Å²) in [5, 5.41) is 3.57. The Labute approximate surface area is 166 Å². The van der Waals surface area contributed by atoms with Crippen molar-refractivity contribution in [3.8, 4) is 10.6 Å². The number of esters is 1. The fourth-order valence-electron chi connectivity index (χ4n) is 2.65. The van der Waals surface area contributed by atoms with Crippen LogP contribution in [0.1, 0.15) is 31.3 Å². The molecule has 1 amide bonds. The van der Waals surface area contributed by atoms with E-state index in [1.165, 1.54) is 30.6 Å². The van der Waals surface area contributed by atoms with E-state index in [2.05, 4.69) is 15.0 Å². The molecule has 0 aliphatic heterocycles. The predicted octanol–water partition coefficient (Wildman–Crippen LogP) is 4.02. The molecular formula is C21H19FN2O3S. The van der Waals surface area contributed by atoms with Gasteiger partial charge < -0.3 is 10.1 Å². The molecule has 3 aromatic rings. The fraction of sp³-hybridized carbons (Fsp3) is 0.190. The number of hydrogen-bond acceptors (Lipinski definition) is 5. The zero-order chi connectivity index (χ0) is 20.1. The average Bonchev–Trinajstić information content (AvgIpc) is 3.10. The van der Waals surface area contributed by atoms with Gasteiger partial charge in [-0.2, -0.15) is 0 Å². The molecule has 0 atom stereocenters. The highest BCUT2D eigenvalue weighted by Crippen LogP contribution is 2.28. The first-order valence-corrected chi connectivity index (χ1v) is 9.48. The minimum atomic E-state index is -0.377. The largest absolute Gasteiger partial charge is 0.465 e. The fourth-order valence-corrected chi connectivity index (χ4v) is 3.64. The Morgan fingerprint density at radius 1 is 1.11 bits per heavy atom. The van der Waals surface area contributed by atoms with E-state index in [0.29, 0.717) is 34.1 Å². The summed E-state index contributed by atoms with van der Waals surface area (Å²) in [6.07, 6.45) is 0.635. The van der Waals surface area contributed by atoms with Crippen LogP contribution in [0.3, 0.4) is 0 Å². The first-order chi connectivity index (χ1) is 13.5. The Morgan fingerprint density at radius 3 is 2.43 bits per heavy atom. The van der Waals surface area contributed by atoms with Crippen LogP contribution in [0.4, 0.5) is 4.39 Å². The maximum absolute atomic E-state index is 13.1. The van der Waals surface area contributed by atoms with Gasteiger partial charge in [0.1, 0.15) is 15.7 Å². The Hall–Kier alpha value is -3.06. The number of aromatic nitrogens is 1. The van der Waals surface area contributed by atoms with Crippen LogP contribution in [0.2, 0.25) is 0 Å². The van der Waals surface area contributed by atoms with Crippen molar-refractivity contribution in [2.45, 2.75) is 13.3 Å². The molecule has 7 heteroatoms. The van der Waals surface area contributed by atoms with Gasteiger partial charge in [0.2, 0.25) is 0 Å². The zero-order valence-corrected chi connectivity index (χ0v) is 16.3. The van der Waals surface area contributed by atoms with Crippen molar-refractivity contribution in [1.82, 2.24) is 10.3 Å². The summed E-state index contributed by atoms with van der Waals surface area (Å²) in [4.78, 5) is 28.9. The lowest BCUT2D eigenvalue weighted by molar-refractivity contribution is 0.0600. The second-order valence-corrected chi connectivity index (χ2v) is 7.13. The lowest BCUT2D eigenvalue weighted by Gasteiger charge is -2.05. The van der Waals surface area contributed by atoms with Gasteiger partial charge in [0.25, 0.3) is 5.91 Å². The molecule has 0 aliphatic carbocycles.